The maximum Gasteiger partial charge on any atom is 0.272 e. The number of benzene rings is 1. The highest BCUT2D eigenvalue weighted by atomic mass is 32.1. The van der Waals surface area contributed by atoms with Gasteiger partial charge in [-0.1, -0.05) is 36.8 Å². The van der Waals surface area contributed by atoms with Crippen LogP contribution in [0.4, 0.5) is 0 Å². The first-order valence-electron chi connectivity index (χ1n) is 9.16. The first-order chi connectivity index (χ1) is 13.6. The molecule has 0 spiro atoms. The summed E-state index contributed by atoms with van der Waals surface area (Å²) in [6.07, 6.45) is 3.67. The highest BCUT2D eigenvalue weighted by Crippen LogP contribution is 2.28. The van der Waals surface area contributed by atoms with Gasteiger partial charge in [-0.3, -0.25) is 14.2 Å². The molecule has 0 aliphatic rings. The summed E-state index contributed by atoms with van der Waals surface area (Å²) in [5.74, 6) is -0.189. The SMILES string of the molecule is CCC(C(=O)NCc1ccc(C)cc1)n1cnc2c(sc3ncccc32)c1=O. The number of hydrogen-bond acceptors (Lipinski definition) is 5. The second-order valence-electron chi connectivity index (χ2n) is 6.72. The molecular formula is C21H20N4O2S. The van der Waals surface area contributed by atoms with E-state index in [0.29, 0.717) is 23.2 Å². The van der Waals surface area contributed by atoms with Gasteiger partial charge in [0, 0.05) is 18.1 Å². The molecule has 1 unspecified atom stereocenters. The Morgan fingerprint density at radius 1 is 1.21 bits per heavy atom. The quantitative estimate of drug-likeness (QED) is 0.563. The second-order valence-corrected chi connectivity index (χ2v) is 7.72. The molecule has 1 N–H and O–H groups in total. The fourth-order valence-electron chi connectivity index (χ4n) is 3.23. The van der Waals surface area contributed by atoms with E-state index in [-0.39, 0.29) is 11.5 Å². The summed E-state index contributed by atoms with van der Waals surface area (Å²) < 4.78 is 1.96. The highest BCUT2D eigenvalue weighted by molar-refractivity contribution is 7.25. The Morgan fingerprint density at radius 3 is 2.75 bits per heavy atom. The van der Waals surface area contributed by atoms with Crippen molar-refractivity contribution in [3.63, 3.8) is 0 Å². The molecule has 0 saturated carbocycles. The van der Waals surface area contributed by atoms with Crippen LogP contribution in [0.2, 0.25) is 0 Å². The van der Waals surface area contributed by atoms with E-state index < -0.39 is 6.04 Å². The van der Waals surface area contributed by atoms with Crippen LogP contribution in [0.5, 0.6) is 0 Å². The number of carbonyl (C=O) groups excluding carboxylic acids is 1. The van der Waals surface area contributed by atoms with Crippen LogP contribution in [0.3, 0.4) is 0 Å². The van der Waals surface area contributed by atoms with E-state index in [1.807, 2.05) is 50.2 Å². The molecule has 6 nitrogen and oxygen atoms in total. The highest BCUT2D eigenvalue weighted by Gasteiger charge is 2.22. The molecule has 28 heavy (non-hydrogen) atoms. The number of rotatable bonds is 5. The lowest BCUT2D eigenvalue weighted by Gasteiger charge is -2.17. The fourth-order valence-corrected chi connectivity index (χ4v) is 4.26. The molecule has 4 rings (SSSR count). The molecule has 1 amide bonds. The van der Waals surface area contributed by atoms with Crippen molar-refractivity contribution < 1.29 is 4.79 Å². The number of amides is 1. The molecule has 0 saturated heterocycles. The van der Waals surface area contributed by atoms with E-state index in [1.54, 1.807) is 6.20 Å². The van der Waals surface area contributed by atoms with Gasteiger partial charge in [-0.15, -0.1) is 11.3 Å². The normalized spacial score (nSPS) is 12.4. The van der Waals surface area contributed by atoms with Gasteiger partial charge >= 0.3 is 0 Å². The number of aryl methyl sites for hydroxylation is 1. The van der Waals surface area contributed by atoms with Gasteiger partial charge in [0.2, 0.25) is 5.91 Å². The van der Waals surface area contributed by atoms with Crippen molar-refractivity contribution in [2.75, 3.05) is 0 Å². The van der Waals surface area contributed by atoms with Crippen LogP contribution >= 0.6 is 11.3 Å². The molecule has 3 heterocycles. The minimum absolute atomic E-state index is 0.189. The zero-order valence-corrected chi connectivity index (χ0v) is 16.5. The molecular weight excluding hydrogens is 372 g/mol. The third-order valence-electron chi connectivity index (χ3n) is 4.79. The average Bonchev–Trinajstić information content (AvgIpc) is 3.09. The molecule has 142 valence electrons. The Morgan fingerprint density at radius 2 is 2.00 bits per heavy atom. The largest absolute Gasteiger partial charge is 0.350 e. The van der Waals surface area contributed by atoms with E-state index in [1.165, 1.54) is 27.8 Å². The van der Waals surface area contributed by atoms with Gasteiger partial charge in [0.1, 0.15) is 15.6 Å². The lowest BCUT2D eigenvalue weighted by molar-refractivity contribution is -0.124. The van der Waals surface area contributed by atoms with Crippen LogP contribution in [0.15, 0.2) is 53.7 Å². The van der Waals surface area contributed by atoms with E-state index in [4.69, 9.17) is 0 Å². The number of pyridine rings is 1. The lowest BCUT2D eigenvalue weighted by atomic mass is 10.1. The van der Waals surface area contributed by atoms with Gasteiger partial charge in [-0.25, -0.2) is 9.97 Å². The van der Waals surface area contributed by atoms with E-state index in [0.717, 1.165) is 15.8 Å². The molecule has 7 heteroatoms. The van der Waals surface area contributed by atoms with Gasteiger partial charge in [0.25, 0.3) is 5.56 Å². The Hall–Kier alpha value is -3.06. The molecule has 1 aromatic carbocycles. The first kappa shape index (κ1) is 18.3. The first-order valence-corrected chi connectivity index (χ1v) is 9.97. The van der Waals surface area contributed by atoms with Crippen molar-refractivity contribution in [3.8, 4) is 0 Å². The minimum atomic E-state index is -0.604. The topological polar surface area (TPSA) is 76.9 Å². The number of thiophene rings is 1. The van der Waals surface area contributed by atoms with Crippen molar-refractivity contribution in [2.24, 2.45) is 0 Å². The Kier molecular flexibility index (Phi) is 4.92. The summed E-state index contributed by atoms with van der Waals surface area (Å²) in [5.41, 5.74) is 2.63. The lowest BCUT2D eigenvalue weighted by Crippen LogP contribution is -2.36. The average molecular weight is 392 g/mol. The summed E-state index contributed by atoms with van der Waals surface area (Å²) in [4.78, 5) is 35.4. The van der Waals surface area contributed by atoms with Crippen molar-refractivity contribution in [1.82, 2.24) is 19.9 Å². The zero-order chi connectivity index (χ0) is 19.7. The number of nitrogens with one attached hydrogen (secondary N) is 1. The van der Waals surface area contributed by atoms with Crippen LogP contribution in [0.1, 0.15) is 30.5 Å². The summed E-state index contributed by atoms with van der Waals surface area (Å²) in [6.45, 7) is 4.33. The van der Waals surface area contributed by atoms with E-state index in [9.17, 15) is 9.59 Å². The Labute approximate surface area is 165 Å². The van der Waals surface area contributed by atoms with Crippen LogP contribution < -0.4 is 10.9 Å². The van der Waals surface area contributed by atoms with Gasteiger partial charge in [-0.2, -0.15) is 0 Å². The maximum atomic E-state index is 13.0. The van der Waals surface area contributed by atoms with Gasteiger partial charge < -0.3 is 5.32 Å². The summed E-state index contributed by atoms with van der Waals surface area (Å²) in [6, 6.07) is 11.1. The molecule has 0 radical (unpaired) electrons. The molecule has 1 atom stereocenters. The van der Waals surface area contributed by atoms with Crippen LogP contribution in [-0.2, 0) is 11.3 Å². The number of aromatic nitrogens is 3. The standard InChI is InChI=1S/C21H20N4O2S/c1-3-16(19(26)23-11-14-8-6-13(2)7-9-14)25-12-24-17-15-5-4-10-22-20(15)28-18(17)21(25)27/h4-10,12,16H,3,11H2,1-2H3,(H,23,26). The molecule has 0 bridgehead atoms. The monoisotopic (exact) mass is 392 g/mol. The van der Waals surface area contributed by atoms with Gasteiger partial charge in [-0.05, 0) is 31.0 Å². The molecule has 0 aliphatic heterocycles. The predicted molar refractivity (Wildman–Crippen MR) is 112 cm³/mol. The molecule has 0 aliphatic carbocycles. The summed E-state index contributed by atoms with van der Waals surface area (Å²) in [5, 5.41) is 3.80. The van der Waals surface area contributed by atoms with Crippen molar-refractivity contribution >= 4 is 37.7 Å². The third-order valence-corrected chi connectivity index (χ3v) is 5.88. The Bertz CT molecular complexity index is 1210. The number of nitrogens with zero attached hydrogens (tertiary/aromatic N) is 3. The third kappa shape index (κ3) is 3.29. The number of fused-ring (bicyclic) bond motifs is 3. The second kappa shape index (κ2) is 7.52. The fraction of sp³-hybridized carbons (Fsp3) is 0.238. The van der Waals surface area contributed by atoms with Gasteiger partial charge in [0.15, 0.2) is 0 Å². The van der Waals surface area contributed by atoms with Crippen LogP contribution in [-0.4, -0.2) is 20.4 Å². The zero-order valence-electron chi connectivity index (χ0n) is 15.7. The van der Waals surface area contributed by atoms with Crippen molar-refractivity contribution in [2.45, 2.75) is 32.9 Å². The van der Waals surface area contributed by atoms with Crippen LogP contribution in [0.25, 0.3) is 20.4 Å². The molecule has 3 aromatic heterocycles. The smallest absolute Gasteiger partial charge is 0.272 e. The van der Waals surface area contributed by atoms with Crippen molar-refractivity contribution in [3.05, 3.63) is 70.4 Å². The van der Waals surface area contributed by atoms with E-state index >= 15 is 0 Å². The molecule has 4 aromatic rings. The molecule has 0 fully saturated rings. The number of hydrogen-bond donors (Lipinski definition) is 1. The summed E-state index contributed by atoms with van der Waals surface area (Å²) >= 11 is 1.31. The number of carbonyl (C=O) groups is 1. The minimum Gasteiger partial charge on any atom is -0.350 e. The Balaban J connectivity index is 1.63. The summed E-state index contributed by atoms with van der Waals surface area (Å²) in [7, 11) is 0. The predicted octanol–water partition coefficient (Wildman–Crippen LogP) is 3.58. The van der Waals surface area contributed by atoms with Crippen LogP contribution in [0, 0.1) is 6.92 Å². The van der Waals surface area contributed by atoms with E-state index in [2.05, 4.69) is 15.3 Å². The maximum absolute atomic E-state index is 13.0. The van der Waals surface area contributed by atoms with Crippen molar-refractivity contribution in [1.29, 1.82) is 0 Å². The van der Waals surface area contributed by atoms with Gasteiger partial charge in [0.05, 0.1) is 11.8 Å².